The number of rotatable bonds is 1. The van der Waals surface area contributed by atoms with Crippen LogP contribution in [-0.4, -0.2) is 54.5 Å². The highest BCUT2D eigenvalue weighted by atomic mass is 35.5. The van der Waals surface area contributed by atoms with E-state index in [0.717, 1.165) is 32.5 Å². The van der Waals surface area contributed by atoms with Crippen molar-refractivity contribution in [3.8, 4) is 0 Å². The molecule has 4 nitrogen and oxygen atoms in total. The van der Waals surface area contributed by atoms with E-state index in [2.05, 4.69) is 23.8 Å². The summed E-state index contributed by atoms with van der Waals surface area (Å²) in [5.41, 5.74) is 6.34. The van der Waals surface area contributed by atoms with Crippen molar-refractivity contribution in [1.29, 1.82) is 0 Å². The molecule has 2 aliphatic carbocycles. The van der Waals surface area contributed by atoms with Gasteiger partial charge < -0.3 is 15.5 Å². The summed E-state index contributed by atoms with van der Waals surface area (Å²) < 4.78 is 0. The lowest BCUT2D eigenvalue weighted by Crippen LogP contribution is -2.56. The Morgan fingerprint density at radius 1 is 1.09 bits per heavy atom. The Morgan fingerprint density at radius 3 is 2.23 bits per heavy atom. The van der Waals surface area contributed by atoms with Gasteiger partial charge in [-0.1, -0.05) is 6.42 Å². The van der Waals surface area contributed by atoms with Crippen molar-refractivity contribution in [3.05, 3.63) is 0 Å². The van der Waals surface area contributed by atoms with Crippen molar-refractivity contribution >= 4 is 30.7 Å². The van der Waals surface area contributed by atoms with Gasteiger partial charge in [-0.2, -0.15) is 0 Å². The molecule has 1 aliphatic heterocycles. The molecule has 3 atom stereocenters. The third-order valence-corrected chi connectivity index (χ3v) is 5.88. The number of hydrogen-bond donors (Lipinski definition) is 1. The molecular formula is C16H31Cl2N3O. The molecule has 0 radical (unpaired) electrons. The molecule has 3 unspecified atom stereocenters. The minimum Gasteiger partial charge on any atom is -0.337 e. The summed E-state index contributed by atoms with van der Waals surface area (Å²) in [6.07, 6.45) is 5.86. The van der Waals surface area contributed by atoms with E-state index in [9.17, 15) is 4.79 Å². The van der Waals surface area contributed by atoms with E-state index in [1.165, 1.54) is 19.3 Å². The molecule has 1 amide bonds. The van der Waals surface area contributed by atoms with Gasteiger partial charge >= 0.3 is 0 Å². The van der Waals surface area contributed by atoms with Crippen LogP contribution >= 0.6 is 24.8 Å². The SMILES string of the molecule is CC1CN(C)CCN1C(=O)C1CC2CCCC(C1)C2N.Cl.Cl. The fourth-order valence-corrected chi connectivity index (χ4v) is 4.69. The molecule has 2 saturated carbocycles. The second-order valence-corrected chi connectivity index (χ2v) is 7.34. The molecule has 0 aromatic carbocycles. The predicted octanol–water partition coefficient (Wildman–Crippen LogP) is 2.15. The van der Waals surface area contributed by atoms with Gasteiger partial charge in [-0.25, -0.2) is 0 Å². The summed E-state index contributed by atoms with van der Waals surface area (Å²) in [4.78, 5) is 17.3. The summed E-state index contributed by atoms with van der Waals surface area (Å²) in [6, 6.07) is 0.717. The quantitative estimate of drug-likeness (QED) is 0.787. The zero-order chi connectivity index (χ0) is 14.3. The van der Waals surface area contributed by atoms with Crippen LogP contribution in [0.2, 0.25) is 0 Å². The zero-order valence-electron chi connectivity index (χ0n) is 13.7. The van der Waals surface area contributed by atoms with Crippen molar-refractivity contribution < 1.29 is 4.79 Å². The smallest absolute Gasteiger partial charge is 0.226 e. The molecule has 0 aromatic heterocycles. The number of carbonyl (C=O) groups is 1. The van der Waals surface area contributed by atoms with Crippen LogP contribution in [0.5, 0.6) is 0 Å². The van der Waals surface area contributed by atoms with Gasteiger partial charge in [0.1, 0.15) is 0 Å². The summed E-state index contributed by atoms with van der Waals surface area (Å²) >= 11 is 0. The van der Waals surface area contributed by atoms with Gasteiger partial charge in [0, 0.05) is 37.6 Å². The summed E-state index contributed by atoms with van der Waals surface area (Å²) in [5, 5.41) is 0. The van der Waals surface area contributed by atoms with Gasteiger partial charge in [-0.3, -0.25) is 4.79 Å². The molecule has 3 fully saturated rings. The lowest BCUT2D eigenvalue weighted by atomic mass is 9.65. The Kier molecular flexibility index (Phi) is 7.44. The molecule has 1 saturated heterocycles. The Labute approximate surface area is 147 Å². The fraction of sp³-hybridized carbons (Fsp3) is 0.938. The fourth-order valence-electron chi connectivity index (χ4n) is 4.69. The Morgan fingerprint density at radius 2 is 1.68 bits per heavy atom. The minimum absolute atomic E-state index is 0. The van der Waals surface area contributed by atoms with Gasteiger partial charge in [0.05, 0.1) is 0 Å². The van der Waals surface area contributed by atoms with Gasteiger partial charge in [0.15, 0.2) is 0 Å². The maximum Gasteiger partial charge on any atom is 0.226 e. The largest absolute Gasteiger partial charge is 0.337 e. The first-order valence-corrected chi connectivity index (χ1v) is 8.31. The molecule has 0 spiro atoms. The van der Waals surface area contributed by atoms with E-state index in [1.54, 1.807) is 0 Å². The van der Waals surface area contributed by atoms with E-state index in [0.29, 0.717) is 29.8 Å². The molecule has 3 aliphatic rings. The Balaban J connectivity index is 0.00000121. The molecule has 1 heterocycles. The van der Waals surface area contributed by atoms with Gasteiger partial charge in [-0.15, -0.1) is 24.8 Å². The average Bonchev–Trinajstić information content (AvgIpc) is 2.37. The second-order valence-electron chi connectivity index (χ2n) is 7.34. The number of halogens is 2. The maximum atomic E-state index is 12.9. The van der Waals surface area contributed by atoms with Crippen molar-refractivity contribution in [2.45, 2.75) is 51.1 Å². The van der Waals surface area contributed by atoms with E-state index < -0.39 is 0 Å². The number of nitrogens with zero attached hydrogens (tertiary/aromatic N) is 2. The molecular weight excluding hydrogens is 321 g/mol. The van der Waals surface area contributed by atoms with Gasteiger partial charge in [-0.05, 0) is 51.5 Å². The highest BCUT2D eigenvalue weighted by Crippen LogP contribution is 2.42. The molecule has 2 bridgehead atoms. The molecule has 3 rings (SSSR count). The van der Waals surface area contributed by atoms with E-state index in [1.807, 2.05) is 0 Å². The van der Waals surface area contributed by atoms with Crippen LogP contribution in [0.15, 0.2) is 0 Å². The maximum absolute atomic E-state index is 12.9. The lowest BCUT2D eigenvalue weighted by molar-refractivity contribution is -0.143. The van der Waals surface area contributed by atoms with Crippen LogP contribution in [0.3, 0.4) is 0 Å². The normalized spacial score (nSPS) is 38.7. The number of hydrogen-bond acceptors (Lipinski definition) is 3. The van der Waals surface area contributed by atoms with E-state index >= 15 is 0 Å². The third-order valence-electron chi connectivity index (χ3n) is 5.88. The number of carbonyl (C=O) groups excluding carboxylic acids is 1. The second kappa shape index (κ2) is 8.18. The Bertz CT molecular complexity index is 368. The van der Waals surface area contributed by atoms with Crippen LogP contribution < -0.4 is 5.73 Å². The van der Waals surface area contributed by atoms with Crippen LogP contribution in [0.25, 0.3) is 0 Å². The molecule has 2 N–H and O–H groups in total. The van der Waals surface area contributed by atoms with Crippen LogP contribution in [0.4, 0.5) is 0 Å². The number of piperazine rings is 1. The first-order chi connectivity index (χ1) is 9.56. The third kappa shape index (κ3) is 3.89. The number of nitrogens with two attached hydrogens (primary N) is 1. The predicted molar refractivity (Wildman–Crippen MR) is 94.7 cm³/mol. The first kappa shape index (κ1) is 20.0. The average molecular weight is 352 g/mol. The summed E-state index contributed by atoms with van der Waals surface area (Å²) in [5.74, 6) is 1.85. The van der Waals surface area contributed by atoms with Crippen molar-refractivity contribution in [2.75, 3.05) is 26.7 Å². The summed E-state index contributed by atoms with van der Waals surface area (Å²) in [7, 11) is 2.14. The standard InChI is InChI=1S/C16H29N3O.2ClH/c1-11-10-18(2)6-7-19(11)16(20)14-8-12-4-3-5-13(9-14)15(12)17;;/h11-15H,3-10,17H2,1-2H3;2*1H. The van der Waals surface area contributed by atoms with Crippen molar-refractivity contribution in [2.24, 2.45) is 23.5 Å². The zero-order valence-corrected chi connectivity index (χ0v) is 15.4. The topological polar surface area (TPSA) is 49.6 Å². The van der Waals surface area contributed by atoms with Crippen LogP contribution in [0.1, 0.15) is 39.0 Å². The highest BCUT2D eigenvalue weighted by Gasteiger charge is 2.42. The van der Waals surface area contributed by atoms with E-state index in [4.69, 9.17) is 5.73 Å². The van der Waals surface area contributed by atoms with E-state index in [-0.39, 0.29) is 30.7 Å². The molecule has 6 heteroatoms. The van der Waals surface area contributed by atoms with Crippen LogP contribution in [0, 0.1) is 17.8 Å². The summed E-state index contributed by atoms with van der Waals surface area (Å²) in [6.45, 7) is 5.09. The van der Waals surface area contributed by atoms with Gasteiger partial charge in [0.2, 0.25) is 5.91 Å². The molecule has 130 valence electrons. The monoisotopic (exact) mass is 351 g/mol. The minimum atomic E-state index is 0. The highest BCUT2D eigenvalue weighted by molar-refractivity contribution is 5.85. The van der Waals surface area contributed by atoms with Crippen molar-refractivity contribution in [1.82, 2.24) is 9.80 Å². The van der Waals surface area contributed by atoms with Gasteiger partial charge in [0.25, 0.3) is 0 Å². The first-order valence-electron chi connectivity index (χ1n) is 8.31. The Hall–Kier alpha value is -0.0300. The number of fused-ring (bicyclic) bond motifs is 2. The molecule has 22 heavy (non-hydrogen) atoms. The van der Waals surface area contributed by atoms with Crippen molar-refractivity contribution in [3.63, 3.8) is 0 Å². The molecule has 0 aromatic rings. The lowest BCUT2D eigenvalue weighted by Gasteiger charge is -2.46. The number of likely N-dealkylation sites (N-methyl/N-ethyl adjacent to an activating group) is 1. The van der Waals surface area contributed by atoms with Crippen LogP contribution in [-0.2, 0) is 4.79 Å². The number of amides is 1.